The number of methoxy groups -OCH3 is 2. The number of carboxylic acids is 2. The standard InChI is InChI=1S/C44H72N6O11/c1-13-27(6)38(49(10)43(57)36(25(2)3)47-42(56)37(26(4)5)48(8)9)33(60-11)24-34(51)50-21-17-20-32(50)39(61-12)28(7)40(54)45-30(22-29-18-15-14-16-19-29)41(55)46-31(44(58)59)23-35(52)53/h14-16,18-19,25-28,30-33,36-39H,13,17,20-24H2,1-12H3,(H,45,54)(H,46,55)(H,47,56)(H,52,53)(H,58,59)/t27-,28+,30-,31?,32-,33+,36-,37-,38-,39+/m0/s1. The number of likely N-dealkylation sites (N-methyl/N-ethyl adjacent to an activating group) is 2. The number of nitrogens with one attached hydrogen (secondary N) is 3. The Kier molecular flexibility index (Phi) is 21.3. The molecule has 0 spiro atoms. The number of nitrogens with zero attached hydrogens (tertiary/aromatic N) is 3. The van der Waals surface area contributed by atoms with Gasteiger partial charge in [-0.2, -0.15) is 0 Å². The normalized spacial score (nSPS) is 18.6. The van der Waals surface area contributed by atoms with Crippen LogP contribution in [0.3, 0.4) is 0 Å². The first-order chi connectivity index (χ1) is 28.6. The van der Waals surface area contributed by atoms with E-state index in [-0.39, 0.29) is 48.3 Å². The monoisotopic (exact) mass is 861 g/mol. The summed E-state index contributed by atoms with van der Waals surface area (Å²) in [5.74, 6) is -6.42. The van der Waals surface area contributed by atoms with E-state index in [9.17, 15) is 43.8 Å². The fourth-order valence-electron chi connectivity index (χ4n) is 8.42. The lowest BCUT2D eigenvalue weighted by Gasteiger charge is -2.41. The van der Waals surface area contributed by atoms with Crippen LogP contribution >= 0.6 is 0 Å². The van der Waals surface area contributed by atoms with Crippen molar-refractivity contribution < 1.29 is 53.2 Å². The van der Waals surface area contributed by atoms with Gasteiger partial charge >= 0.3 is 11.9 Å². The van der Waals surface area contributed by atoms with Gasteiger partial charge in [-0.25, -0.2) is 4.79 Å². The molecule has 0 aromatic heterocycles. The summed E-state index contributed by atoms with van der Waals surface area (Å²) in [5.41, 5.74) is 0.667. The van der Waals surface area contributed by atoms with E-state index in [1.165, 1.54) is 14.2 Å². The van der Waals surface area contributed by atoms with Gasteiger partial charge in [0, 0.05) is 34.2 Å². The van der Waals surface area contributed by atoms with Crippen LogP contribution in [0.25, 0.3) is 0 Å². The van der Waals surface area contributed by atoms with Gasteiger partial charge in [0.2, 0.25) is 29.5 Å². The zero-order valence-corrected chi connectivity index (χ0v) is 38.2. The maximum absolute atomic E-state index is 14.3. The minimum absolute atomic E-state index is 0.00496. The minimum Gasteiger partial charge on any atom is -0.481 e. The van der Waals surface area contributed by atoms with Crippen LogP contribution in [0.1, 0.15) is 86.1 Å². The summed E-state index contributed by atoms with van der Waals surface area (Å²) >= 11 is 0. The van der Waals surface area contributed by atoms with Crippen LogP contribution in [0.5, 0.6) is 0 Å². The van der Waals surface area contributed by atoms with Crippen molar-refractivity contribution in [2.75, 3.05) is 41.9 Å². The van der Waals surface area contributed by atoms with Gasteiger partial charge in [-0.05, 0) is 50.3 Å². The van der Waals surface area contributed by atoms with Gasteiger partial charge in [-0.1, -0.05) is 85.2 Å². The molecule has 344 valence electrons. The average Bonchev–Trinajstić information content (AvgIpc) is 3.68. The Morgan fingerprint density at radius 1 is 0.803 bits per heavy atom. The summed E-state index contributed by atoms with van der Waals surface area (Å²) in [6.07, 6.45) is -0.648. The summed E-state index contributed by atoms with van der Waals surface area (Å²) in [6.45, 7) is 13.7. The van der Waals surface area contributed by atoms with Crippen molar-refractivity contribution in [1.29, 1.82) is 0 Å². The first-order valence-corrected chi connectivity index (χ1v) is 21.3. The fraction of sp³-hybridized carbons (Fsp3) is 0.705. The van der Waals surface area contributed by atoms with Crippen molar-refractivity contribution in [3.8, 4) is 0 Å². The largest absolute Gasteiger partial charge is 0.481 e. The van der Waals surface area contributed by atoms with Gasteiger partial charge in [0.1, 0.15) is 18.1 Å². The Morgan fingerprint density at radius 2 is 1.41 bits per heavy atom. The van der Waals surface area contributed by atoms with Crippen molar-refractivity contribution in [2.24, 2.45) is 23.7 Å². The highest BCUT2D eigenvalue weighted by Gasteiger charge is 2.43. The maximum atomic E-state index is 14.3. The third kappa shape index (κ3) is 14.8. The number of hydrogen-bond acceptors (Lipinski definition) is 10. The highest BCUT2D eigenvalue weighted by molar-refractivity contribution is 5.93. The van der Waals surface area contributed by atoms with E-state index in [0.717, 1.165) is 0 Å². The number of hydrogen-bond donors (Lipinski definition) is 5. The van der Waals surface area contributed by atoms with Crippen LogP contribution < -0.4 is 16.0 Å². The Labute approximate surface area is 361 Å². The number of benzene rings is 1. The molecule has 0 bridgehead atoms. The molecule has 1 unspecified atom stereocenters. The smallest absolute Gasteiger partial charge is 0.326 e. The number of aliphatic carboxylic acids is 2. The van der Waals surface area contributed by atoms with Crippen LogP contribution in [0, 0.1) is 23.7 Å². The van der Waals surface area contributed by atoms with Gasteiger partial charge in [0.05, 0.1) is 49.1 Å². The number of likely N-dealkylation sites (tertiary alicyclic amines) is 1. The molecule has 1 aliphatic rings. The van der Waals surface area contributed by atoms with Crippen molar-refractivity contribution in [3.05, 3.63) is 35.9 Å². The molecule has 17 heteroatoms. The molecule has 1 aromatic rings. The Balaban J connectivity index is 2.35. The van der Waals surface area contributed by atoms with E-state index in [1.54, 1.807) is 54.1 Å². The molecule has 1 aliphatic heterocycles. The SMILES string of the molecule is CC[C@H](C)[C@@H]([C@@H](CC(=O)N1CCC[C@H]1[C@H](OC)[C@@H](C)C(=O)N[C@@H](Cc1ccccc1)C(=O)NC(CC(=O)O)C(=O)O)OC)N(C)C(=O)[C@@H](NC(=O)[C@H](C(C)C)N(C)C)C(C)C. The molecular weight excluding hydrogens is 789 g/mol. The molecule has 61 heavy (non-hydrogen) atoms. The molecule has 1 fully saturated rings. The van der Waals surface area contributed by atoms with Crippen LogP contribution in [0.2, 0.25) is 0 Å². The summed E-state index contributed by atoms with van der Waals surface area (Å²) in [7, 11) is 8.28. The summed E-state index contributed by atoms with van der Waals surface area (Å²) in [5, 5.41) is 26.8. The number of carboxylic acid groups (broad SMARTS) is 2. The molecule has 1 aromatic carbocycles. The van der Waals surface area contributed by atoms with E-state index in [1.807, 2.05) is 60.5 Å². The Bertz CT molecular complexity index is 1620. The van der Waals surface area contributed by atoms with Crippen LogP contribution in [0.4, 0.5) is 0 Å². The molecule has 2 rings (SSSR count). The summed E-state index contributed by atoms with van der Waals surface area (Å²) in [6, 6.07) is 3.44. The van der Waals surface area contributed by atoms with Gasteiger partial charge in [-0.15, -0.1) is 0 Å². The van der Waals surface area contributed by atoms with Crippen LogP contribution in [0.15, 0.2) is 30.3 Å². The molecule has 5 amide bonds. The molecule has 0 radical (unpaired) electrons. The lowest BCUT2D eigenvalue weighted by Crippen LogP contribution is -2.59. The Morgan fingerprint density at radius 3 is 1.90 bits per heavy atom. The highest BCUT2D eigenvalue weighted by Crippen LogP contribution is 2.30. The van der Waals surface area contributed by atoms with Crippen LogP contribution in [-0.4, -0.2) is 157 Å². The highest BCUT2D eigenvalue weighted by atomic mass is 16.5. The second kappa shape index (κ2) is 24.7. The zero-order chi connectivity index (χ0) is 46.3. The lowest BCUT2D eigenvalue weighted by molar-refractivity contribution is -0.148. The Hall–Kier alpha value is -4.61. The maximum Gasteiger partial charge on any atom is 0.326 e. The first kappa shape index (κ1) is 52.5. The molecule has 5 N–H and O–H groups in total. The molecular formula is C44H72N6O11. The van der Waals surface area contributed by atoms with Gasteiger partial charge < -0.3 is 45.4 Å². The van der Waals surface area contributed by atoms with E-state index < -0.39 is 84.6 Å². The number of carbonyl (C=O) groups is 7. The molecule has 17 nitrogen and oxygen atoms in total. The third-order valence-corrected chi connectivity index (χ3v) is 11.9. The van der Waals surface area contributed by atoms with Crippen molar-refractivity contribution in [1.82, 2.24) is 30.7 Å². The second-order valence-electron chi connectivity index (χ2n) is 17.2. The van der Waals surface area contributed by atoms with Gasteiger partial charge in [-0.3, -0.25) is 33.7 Å². The van der Waals surface area contributed by atoms with E-state index in [4.69, 9.17) is 9.47 Å². The van der Waals surface area contributed by atoms with Gasteiger partial charge in [0.15, 0.2) is 0 Å². The zero-order valence-electron chi connectivity index (χ0n) is 38.2. The predicted molar refractivity (Wildman–Crippen MR) is 229 cm³/mol. The predicted octanol–water partition coefficient (Wildman–Crippen LogP) is 2.41. The molecule has 1 heterocycles. The van der Waals surface area contributed by atoms with E-state index >= 15 is 0 Å². The van der Waals surface area contributed by atoms with Crippen LogP contribution in [-0.2, 0) is 49.5 Å². The number of carbonyl (C=O) groups excluding carboxylic acids is 5. The molecule has 10 atom stereocenters. The molecule has 1 saturated heterocycles. The van der Waals surface area contributed by atoms with Gasteiger partial charge in [0.25, 0.3) is 0 Å². The van der Waals surface area contributed by atoms with E-state index in [0.29, 0.717) is 31.4 Å². The average molecular weight is 861 g/mol. The quantitative estimate of drug-likeness (QED) is 0.0957. The molecule has 0 saturated carbocycles. The second-order valence-corrected chi connectivity index (χ2v) is 17.2. The topological polar surface area (TPSA) is 224 Å². The summed E-state index contributed by atoms with van der Waals surface area (Å²) in [4.78, 5) is 97.7. The minimum atomic E-state index is -1.72. The van der Waals surface area contributed by atoms with Crippen molar-refractivity contribution >= 4 is 41.5 Å². The van der Waals surface area contributed by atoms with E-state index in [2.05, 4.69) is 16.0 Å². The molecule has 0 aliphatic carbocycles. The van der Waals surface area contributed by atoms with Crippen molar-refractivity contribution in [2.45, 2.75) is 135 Å². The van der Waals surface area contributed by atoms with Crippen molar-refractivity contribution in [3.63, 3.8) is 0 Å². The fourth-order valence-corrected chi connectivity index (χ4v) is 8.42. The number of amides is 5. The summed E-state index contributed by atoms with van der Waals surface area (Å²) < 4.78 is 11.9. The third-order valence-electron chi connectivity index (χ3n) is 11.9. The number of ether oxygens (including phenoxy) is 2. The number of rotatable bonds is 25. The first-order valence-electron chi connectivity index (χ1n) is 21.3. The lowest BCUT2D eigenvalue weighted by atomic mass is 9.89.